The van der Waals surface area contributed by atoms with E-state index in [2.05, 4.69) is 16.0 Å². The maximum atomic E-state index is 12.8. The largest absolute Gasteiger partial charge is 0.352 e. The summed E-state index contributed by atoms with van der Waals surface area (Å²) in [5, 5.41) is 8.88. The molecule has 5 nitrogen and oxygen atoms in total. The molecule has 2 aromatic carbocycles. The molecule has 0 spiro atoms. The van der Waals surface area contributed by atoms with Crippen molar-refractivity contribution in [3.63, 3.8) is 0 Å². The number of carbonyl (C=O) groups excluding carboxylic acids is 2. The molecule has 2 amide bonds. The van der Waals surface area contributed by atoms with Gasteiger partial charge in [-0.3, -0.25) is 9.59 Å². The van der Waals surface area contributed by atoms with E-state index in [1.54, 1.807) is 0 Å². The lowest BCUT2D eigenvalue weighted by Crippen LogP contribution is -2.25. The molecule has 0 radical (unpaired) electrons. The molecule has 0 fully saturated rings. The van der Waals surface area contributed by atoms with Crippen molar-refractivity contribution in [1.29, 1.82) is 0 Å². The van der Waals surface area contributed by atoms with E-state index in [9.17, 15) is 14.0 Å². The maximum Gasteiger partial charge on any atom is 0.251 e. The molecule has 0 unspecified atom stereocenters. The van der Waals surface area contributed by atoms with Crippen LogP contribution < -0.4 is 16.0 Å². The average Bonchev–Trinajstić information content (AvgIpc) is 2.65. The van der Waals surface area contributed by atoms with Gasteiger partial charge in [0, 0.05) is 30.8 Å². The Balaban J connectivity index is 1.74. The number of para-hydroxylation sites is 1. The summed E-state index contributed by atoms with van der Waals surface area (Å²) in [6, 6.07) is 13.0. The van der Waals surface area contributed by atoms with Gasteiger partial charge >= 0.3 is 0 Å². The molecule has 0 atom stereocenters. The van der Waals surface area contributed by atoms with Crippen LogP contribution in [0.4, 0.5) is 10.1 Å². The van der Waals surface area contributed by atoms with Gasteiger partial charge in [-0.15, -0.1) is 0 Å². The van der Waals surface area contributed by atoms with Crippen LogP contribution in [0.15, 0.2) is 48.5 Å². The van der Waals surface area contributed by atoms with Gasteiger partial charge in [0.05, 0.1) is 0 Å². The summed E-state index contributed by atoms with van der Waals surface area (Å²) in [7, 11) is 0. The van der Waals surface area contributed by atoms with Gasteiger partial charge in [-0.05, 0) is 48.9 Å². The van der Waals surface area contributed by atoms with Gasteiger partial charge in [0.15, 0.2) is 0 Å². The van der Waals surface area contributed by atoms with Crippen LogP contribution in [0.2, 0.25) is 0 Å². The van der Waals surface area contributed by atoms with Crippen molar-refractivity contribution in [2.45, 2.75) is 26.3 Å². The number of carbonyl (C=O) groups is 2. The van der Waals surface area contributed by atoms with Crippen molar-refractivity contribution in [2.24, 2.45) is 0 Å². The summed E-state index contributed by atoms with van der Waals surface area (Å²) >= 11 is 0. The molecule has 2 aromatic rings. The minimum Gasteiger partial charge on any atom is -0.352 e. The minimum absolute atomic E-state index is 0.0926. The second kappa shape index (κ2) is 10.3. The highest BCUT2D eigenvalue weighted by atomic mass is 19.1. The Hall–Kier alpha value is -2.73. The Morgan fingerprint density at radius 2 is 1.77 bits per heavy atom. The van der Waals surface area contributed by atoms with E-state index in [4.69, 9.17) is 0 Å². The third-order valence-corrected chi connectivity index (χ3v) is 3.83. The van der Waals surface area contributed by atoms with E-state index < -0.39 is 0 Å². The molecule has 0 heterocycles. The Bertz CT molecular complexity index is 732. The second-order valence-electron chi connectivity index (χ2n) is 5.85. The number of anilines is 1. The Kier molecular flexibility index (Phi) is 7.76. The standard InChI is InChI=1S/C20H24FN3O2/c1-2-22-14-16-6-3-4-7-18(16)24-19(25)8-5-13-23-20(26)15-9-11-17(21)12-10-15/h3-4,6-7,9-12,22H,2,5,8,13-14H2,1H3,(H,23,26)(H,24,25). The SMILES string of the molecule is CCNCc1ccccc1NC(=O)CCCNC(=O)c1ccc(F)cc1. The number of benzene rings is 2. The maximum absolute atomic E-state index is 12.8. The first-order valence-electron chi connectivity index (χ1n) is 8.72. The first-order chi connectivity index (χ1) is 12.6. The van der Waals surface area contributed by atoms with Crippen molar-refractivity contribution in [3.8, 4) is 0 Å². The number of amides is 2. The van der Waals surface area contributed by atoms with E-state index in [0.717, 1.165) is 17.8 Å². The average molecular weight is 357 g/mol. The number of hydrogen-bond donors (Lipinski definition) is 3. The molecule has 0 bridgehead atoms. The van der Waals surface area contributed by atoms with Gasteiger partial charge < -0.3 is 16.0 Å². The van der Waals surface area contributed by atoms with Gasteiger partial charge in [0.2, 0.25) is 5.91 Å². The predicted molar refractivity (Wildman–Crippen MR) is 100 cm³/mol. The number of halogens is 1. The van der Waals surface area contributed by atoms with Crippen LogP contribution in [0, 0.1) is 5.82 Å². The molecule has 0 aromatic heterocycles. The Morgan fingerprint density at radius 1 is 1.04 bits per heavy atom. The molecule has 2 rings (SSSR count). The lowest BCUT2D eigenvalue weighted by Gasteiger charge is -2.11. The lowest BCUT2D eigenvalue weighted by atomic mass is 10.1. The van der Waals surface area contributed by atoms with E-state index in [-0.39, 0.29) is 17.6 Å². The van der Waals surface area contributed by atoms with Crippen molar-refractivity contribution in [2.75, 3.05) is 18.4 Å². The first kappa shape index (κ1) is 19.6. The fraction of sp³-hybridized carbons (Fsp3) is 0.300. The third-order valence-electron chi connectivity index (χ3n) is 3.83. The third kappa shape index (κ3) is 6.29. The molecule has 3 N–H and O–H groups in total. The molecule has 138 valence electrons. The minimum atomic E-state index is -0.382. The molecular formula is C20H24FN3O2. The highest BCUT2D eigenvalue weighted by molar-refractivity contribution is 5.94. The highest BCUT2D eigenvalue weighted by Crippen LogP contribution is 2.15. The van der Waals surface area contributed by atoms with Crippen molar-refractivity contribution >= 4 is 17.5 Å². The van der Waals surface area contributed by atoms with Crippen LogP contribution in [0.1, 0.15) is 35.7 Å². The zero-order valence-electron chi connectivity index (χ0n) is 14.8. The Morgan fingerprint density at radius 3 is 2.50 bits per heavy atom. The van der Waals surface area contributed by atoms with E-state index in [0.29, 0.717) is 31.5 Å². The summed E-state index contributed by atoms with van der Waals surface area (Å²) in [4.78, 5) is 24.0. The summed E-state index contributed by atoms with van der Waals surface area (Å²) in [5.41, 5.74) is 2.23. The van der Waals surface area contributed by atoms with Gasteiger partial charge in [0.1, 0.15) is 5.82 Å². The fourth-order valence-electron chi connectivity index (χ4n) is 2.42. The Labute approximate surface area is 153 Å². The van der Waals surface area contributed by atoms with E-state index >= 15 is 0 Å². The summed E-state index contributed by atoms with van der Waals surface area (Å²) in [5.74, 6) is -0.751. The summed E-state index contributed by atoms with van der Waals surface area (Å²) in [6.45, 7) is 3.96. The number of rotatable bonds is 9. The number of nitrogens with one attached hydrogen (secondary N) is 3. The smallest absolute Gasteiger partial charge is 0.251 e. The summed E-state index contributed by atoms with van der Waals surface area (Å²) in [6.07, 6.45) is 0.827. The van der Waals surface area contributed by atoms with Crippen LogP contribution in [-0.2, 0) is 11.3 Å². The van der Waals surface area contributed by atoms with E-state index in [1.807, 2.05) is 31.2 Å². The summed E-state index contributed by atoms with van der Waals surface area (Å²) < 4.78 is 12.8. The molecule has 0 aliphatic carbocycles. The van der Waals surface area contributed by atoms with Gasteiger partial charge in [0.25, 0.3) is 5.91 Å². The predicted octanol–water partition coefficient (Wildman–Crippen LogP) is 3.08. The van der Waals surface area contributed by atoms with Gasteiger partial charge in [-0.1, -0.05) is 25.1 Å². The molecule has 0 saturated carbocycles. The molecular weight excluding hydrogens is 333 g/mol. The van der Waals surface area contributed by atoms with Crippen LogP contribution >= 0.6 is 0 Å². The molecule has 26 heavy (non-hydrogen) atoms. The van der Waals surface area contributed by atoms with Crippen molar-refractivity contribution in [3.05, 3.63) is 65.5 Å². The first-order valence-corrected chi connectivity index (χ1v) is 8.72. The van der Waals surface area contributed by atoms with Gasteiger partial charge in [-0.25, -0.2) is 4.39 Å². The highest BCUT2D eigenvalue weighted by Gasteiger charge is 2.08. The molecule has 0 aliphatic rings. The van der Waals surface area contributed by atoms with Crippen LogP contribution in [0.5, 0.6) is 0 Å². The molecule has 0 aliphatic heterocycles. The number of hydrogen-bond acceptors (Lipinski definition) is 3. The normalized spacial score (nSPS) is 10.4. The van der Waals surface area contributed by atoms with E-state index in [1.165, 1.54) is 24.3 Å². The van der Waals surface area contributed by atoms with Crippen LogP contribution in [0.25, 0.3) is 0 Å². The van der Waals surface area contributed by atoms with Crippen molar-refractivity contribution < 1.29 is 14.0 Å². The zero-order valence-corrected chi connectivity index (χ0v) is 14.8. The lowest BCUT2D eigenvalue weighted by molar-refractivity contribution is -0.116. The topological polar surface area (TPSA) is 70.2 Å². The fourth-order valence-corrected chi connectivity index (χ4v) is 2.42. The van der Waals surface area contributed by atoms with Gasteiger partial charge in [-0.2, -0.15) is 0 Å². The monoisotopic (exact) mass is 357 g/mol. The van der Waals surface area contributed by atoms with Crippen molar-refractivity contribution in [1.82, 2.24) is 10.6 Å². The molecule has 0 saturated heterocycles. The van der Waals surface area contributed by atoms with Crippen LogP contribution in [0.3, 0.4) is 0 Å². The quantitative estimate of drug-likeness (QED) is 0.604. The zero-order chi connectivity index (χ0) is 18.8. The van der Waals surface area contributed by atoms with Crippen LogP contribution in [-0.4, -0.2) is 24.9 Å². The second-order valence-corrected chi connectivity index (χ2v) is 5.85. The molecule has 6 heteroatoms.